The van der Waals surface area contributed by atoms with Crippen LogP contribution >= 0.6 is 0 Å². The van der Waals surface area contributed by atoms with E-state index in [0.29, 0.717) is 6.42 Å². The quantitative estimate of drug-likeness (QED) is 0.440. The Morgan fingerprint density at radius 2 is 1.84 bits per heavy atom. The molecule has 0 saturated heterocycles. The van der Waals surface area contributed by atoms with Crippen LogP contribution in [0.1, 0.15) is 33.3 Å². The molecule has 0 saturated carbocycles. The lowest BCUT2D eigenvalue weighted by atomic mass is 10.1. The fourth-order valence-electron chi connectivity index (χ4n) is 2.05. The summed E-state index contributed by atoms with van der Waals surface area (Å²) in [6.07, 6.45) is -0.264. The van der Waals surface area contributed by atoms with Gasteiger partial charge in [0.05, 0.1) is 6.61 Å². The van der Waals surface area contributed by atoms with E-state index in [-0.39, 0.29) is 13.3 Å². The molecule has 1 N–H and O–H groups in total. The molecule has 0 radical (unpaired) electrons. The zero-order valence-corrected chi connectivity index (χ0v) is 15.6. The maximum Gasteiger partial charge on any atom is 0.426 e. The smallest absolute Gasteiger partial charge is 0.426 e. The molecule has 1 amide bonds. The van der Waals surface area contributed by atoms with E-state index >= 15 is 0 Å². The minimum absolute atomic E-state index is 0.0698. The van der Waals surface area contributed by atoms with E-state index in [0.717, 1.165) is 10.6 Å². The summed E-state index contributed by atoms with van der Waals surface area (Å²) in [5.41, 5.74) is 3.15. The molecule has 1 rings (SSSR count). The number of hydrogen-bond donors (Lipinski definition) is 1. The van der Waals surface area contributed by atoms with E-state index in [4.69, 9.17) is 14.2 Å². The molecule has 0 bridgehead atoms. The highest BCUT2D eigenvalue weighted by molar-refractivity contribution is 5.77. The molecular weight excluding hydrogens is 324 g/mol. The highest BCUT2D eigenvalue weighted by atomic mass is 16.6. The Morgan fingerprint density at radius 1 is 1.20 bits per heavy atom. The fraction of sp³-hybridized carbons (Fsp3) is 0.556. The van der Waals surface area contributed by atoms with Gasteiger partial charge >= 0.3 is 12.1 Å². The van der Waals surface area contributed by atoms with Gasteiger partial charge in [-0.25, -0.2) is 15.2 Å². The van der Waals surface area contributed by atoms with Crippen molar-refractivity contribution in [3.05, 3.63) is 35.9 Å². The number of esters is 1. The molecule has 0 aliphatic heterocycles. The van der Waals surface area contributed by atoms with Crippen molar-refractivity contribution in [2.45, 2.75) is 45.8 Å². The number of benzene rings is 1. The molecule has 0 aliphatic rings. The van der Waals surface area contributed by atoms with Gasteiger partial charge in [0, 0.05) is 13.5 Å². The van der Waals surface area contributed by atoms with Gasteiger partial charge in [-0.15, -0.1) is 0 Å². The number of hydrogen-bond acceptors (Lipinski definition) is 6. The van der Waals surface area contributed by atoms with E-state index in [2.05, 4.69) is 5.43 Å². The zero-order chi connectivity index (χ0) is 18.9. The van der Waals surface area contributed by atoms with Crippen LogP contribution in [0, 0.1) is 0 Å². The standard InChI is InChI=1S/C18H28N2O5/c1-6-24-16(21)15(12-14-10-8-7-9-11-14)19-20(13-23-5)17(22)25-18(2,3)4/h7-11,15,19H,6,12-13H2,1-5H3/t15-/m0/s1. The van der Waals surface area contributed by atoms with E-state index in [1.165, 1.54) is 7.11 Å². The van der Waals surface area contributed by atoms with Crippen molar-refractivity contribution in [3.63, 3.8) is 0 Å². The Labute approximate surface area is 149 Å². The molecule has 0 spiro atoms. The summed E-state index contributed by atoms with van der Waals surface area (Å²) in [5.74, 6) is -0.448. The third-order valence-corrected chi connectivity index (χ3v) is 3.04. The molecule has 140 valence electrons. The number of ether oxygens (including phenoxy) is 3. The van der Waals surface area contributed by atoms with Crippen LogP contribution in [0.15, 0.2) is 30.3 Å². The molecule has 1 aromatic rings. The summed E-state index contributed by atoms with van der Waals surface area (Å²) in [6, 6.07) is 8.74. The first-order chi connectivity index (χ1) is 11.8. The average Bonchev–Trinajstić information content (AvgIpc) is 2.53. The van der Waals surface area contributed by atoms with Crippen LogP contribution in [0.3, 0.4) is 0 Å². The second-order valence-corrected chi connectivity index (χ2v) is 6.45. The van der Waals surface area contributed by atoms with Gasteiger partial charge in [0.25, 0.3) is 0 Å². The van der Waals surface area contributed by atoms with Gasteiger partial charge in [0.1, 0.15) is 18.4 Å². The lowest BCUT2D eigenvalue weighted by Gasteiger charge is -2.29. The third kappa shape index (κ3) is 8.00. The SMILES string of the molecule is CCOC(=O)[C@H](Cc1ccccc1)NN(COC)C(=O)OC(C)(C)C. The minimum atomic E-state index is -0.745. The monoisotopic (exact) mass is 352 g/mol. The van der Waals surface area contributed by atoms with Crippen molar-refractivity contribution < 1.29 is 23.8 Å². The molecule has 0 unspecified atom stereocenters. The van der Waals surface area contributed by atoms with Gasteiger partial charge in [-0.3, -0.25) is 4.79 Å². The highest BCUT2D eigenvalue weighted by Gasteiger charge is 2.28. The van der Waals surface area contributed by atoms with Crippen LogP contribution in [0.4, 0.5) is 4.79 Å². The summed E-state index contributed by atoms with van der Waals surface area (Å²) in [7, 11) is 1.45. The van der Waals surface area contributed by atoms with Gasteiger partial charge in [-0.05, 0) is 33.3 Å². The first kappa shape index (κ1) is 20.9. The van der Waals surface area contributed by atoms with Gasteiger partial charge in [0.2, 0.25) is 0 Å². The van der Waals surface area contributed by atoms with Crippen molar-refractivity contribution in [2.24, 2.45) is 0 Å². The van der Waals surface area contributed by atoms with E-state index in [1.807, 2.05) is 30.3 Å². The van der Waals surface area contributed by atoms with E-state index < -0.39 is 23.7 Å². The first-order valence-electron chi connectivity index (χ1n) is 8.23. The predicted octanol–water partition coefficient (Wildman–Crippen LogP) is 2.51. The van der Waals surface area contributed by atoms with Crippen LogP contribution in [-0.4, -0.2) is 49.2 Å². The normalized spacial score (nSPS) is 12.4. The molecular formula is C18H28N2O5. The van der Waals surface area contributed by atoms with Crippen LogP contribution in [0.25, 0.3) is 0 Å². The maximum absolute atomic E-state index is 12.3. The molecule has 0 aromatic heterocycles. The number of methoxy groups -OCH3 is 1. The predicted molar refractivity (Wildman–Crippen MR) is 93.7 cm³/mol. The summed E-state index contributed by atoms with van der Waals surface area (Å²) in [4.78, 5) is 24.6. The lowest BCUT2D eigenvalue weighted by Crippen LogP contribution is -2.54. The van der Waals surface area contributed by atoms with Gasteiger partial charge in [-0.1, -0.05) is 30.3 Å². The summed E-state index contributed by atoms with van der Waals surface area (Å²) in [6.45, 7) is 7.22. The molecule has 1 atom stereocenters. The van der Waals surface area contributed by atoms with Crippen molar-refractivity contribution in [3.8, 4) is 0 Å². The van der Waals surface area contributed by atoms with Crippen molar-refractivity contribution in [1.29, 1.82) is 0 Å². The Balaban J connectivity index is 2.90. The van der Waals surface area contributed by atoms with Gasteiger partial charge in [0.15, 0.2) is 0 Å². The number of carbonyl (C=O) groups is 2. The largest absolute Gasteiger partial charge is 0.465 e. The molecule has 0 heterocycles. The number of hydrazine groups is 1. The Hall–Kier alpha value is -2.12. The molecule has 7 heteroatoms. The van der Waals surface area contributed by atoms with E-state index in [1.54, 1.807) is 27.7 Å². The second kappa shape index (κ2) is 10.0. The lowest BCUT2D eigenvalue weighted by molar-refractivity contribution is -0.147. The Morgan fingerprint density at radius 3 is 2.36 bits per heavy atom. The number of amides is 1. The van der Waals surface area contributed by atoms with Crippen LogP contribution in [-0.2, 0) is 25.4 Å². The second-order valence-electron chi connectivity index (χ2n) is 6.45. The minimum Gasteiger partial charge on any atom is -0.465 e. The van der Waals surface area contributed by atoms with Crippen LogP contribution < -0.4 is 5.43 Å². The van der Waals surface area contributed by atoms with Crippen molar-refractivity contribution >= 4 is 12.1 Å². The fourth-order valence-corrected chi connectivity index (χ4v) is 2.05. The Kier molecular flexibility index (Phi) is 8.37. The number of carbonyl (C=O) groups excluding carboxylic acids is 2. The van der Waals surface area contributed by atoms with Gasteiger partial charge < -0.3 is 14.2 Å². The zero-order valence-electron chi connectivity index (χ0n) is 15.6. The first-order valence-corrected chi connectivity index (χ1v) is 8.23. The molecule has 0 fully saturated rings. The summed E-state index contributed by atoms with van der Waals surface area (Å²) < 4.78 is 15.5. The third-order valence-electron chi connectivity index (χ3n) is 3.04. The highest BCUT2D eigenvalue weighted by Crippen LogP contribution is 2.11. The summed E-state index contributed by atoms with van der Waals surface area (Å²) >= 11 is 0. The maximum atomic E-state index is 12.3. The molecule has 1 aromatic carbocycles. The van der Waals surface area contributed by atoms with Crippen LogP contribution in [0.2, 0.25) is 0 Å². The van der Waals surface area contributed by atoms with Crippen LogP contribution in [0.5, 0.6) is 0 Å². The number of nitrogens with zero attached hydrogens (tertiary/aromatic N) is 1. The molecule has 25 heavy (non-hydrogen) atoms. The number of nitrogens with one attached hydrogen (secondary N) is 1. The van der Waals surface area contributed by atoms with Crippen molar-refractivity contribution in [1.82, 2.24) is 10.4 Å². The topological polar surface area (TPSA) is 77.1 Å². The Bertz CT molecular complexity index is 542. The van der Waals surface area contributed by atoms with Crippen molar-refractivity contribution in [2.75, 3.05) is 20.4 Å². The molecule has 7 nitrogen and oxygen atoms in total. The van der Waals surface area contributed by atoms with Gasteiger partial charge in [-0.2, -0.15) is 0 Å². The summed E-state index contributed by atoms with van der Waals surface area (Å²) in [5, 5.41) is 1.13. The molecule has 0 aliphatic carbocycles. The number of rotatable bonds is 8. The van der Waals surface area contributed by atoms with E-state index in [9.17, 15) is 9.59 Å². The average molecular weight is 352 g/mol.